The van der Waals surface area contributed by atoms with E-state index in [4.69, 9.17) is 11.6 Å². The largest absolute Gasteiger partial charge is 0.296 e. The van der Waals surface area contributed by atoms with Crippen LogP contribution in [0, 0.1) is 0 Å². The number of rotatable bonds is 3. The number of piperazine rings is 1. The lowest BCUT2D eigenvalue weighted by Gasteiger charge is -2.36. The van der Waals surface area contributed by atoms with E-state index in [9.17, 15) is 9.59 Å². The zero-order valence-corrected chi connectivity index (χ0v) is 13.5. The number of imide groups is 1. The van der Waals surface area contributed by atoms with Crippen molar-refractivity contribution in [2.45, 2.75) is 19.0 Å². The SMILES string of the molecule is CN1C(=O)CC(N2CCN(Cc3ccc(Cl)s3)CC2)C1=O. The number of thiophene rings is 1. The highest BCUT2D eigenvalue weighted by atomic mass is 35.5. The topological polar surface area (TPSA) is 43.9 Å². The maximum absolute atomic E-state index is 12.0. The average molecular weight is 328 g/mol. The summed E-state index contributed by atoms with van der Waals surface area (Å²) in [7, 11) is 1.57. The Morgan fingerprint density at radius 2 is 1.95 bits per heavy atom. The van der Waals surface area contributed by atoms with Gasteiger partial charge in [0, 0.05) is 44.6 Å². The summed E-state index contributed by atoms with van der Waals surface area (Å²) in [5.41, 5.74) is 0. The van der Waals surface area contributed by atoms with Gasteiger partial charge in [-0.05, 0) is 12.1 Å². The monoisotopic (exact) mass is 327 g/mol. The van der Waals surface area contributed by atoms with E-state index >= 15 is 0 Å². The highest BCUT2D eigenvalue weighted by molar-refractivity contribution is 7.16. The molecule has 2 amide bonds. The first-order valence-electron chi connectivity index (χ1n) is 7.05. The third kappa shape index (κ3) is 3.13. The van der Waals surface area contributed by atoms with Crippen molar-refractivity contribution in [3.63, 3.8) is 0 Å². The highest BCUT2D eigenvalue weighted by Crippen LogP contribution is 2.24. The van der Waals surface area contributed by atoms with Crippen molar-refractivity contribution < 1.29 is 9.59 Å². The van der Waals surface area contributed by atoms with Crippen LogP contribution in [0.2, 0.25) is 4.34 Å². The third-order valence-electron chi connectivity index (χ3n) is 4.21. The average Bonchev–Trinajstić information content (AvgIpc) is 2.99. The molecule has 1 unspecified atom stereocenters. The van der Waals surface area contributed by atoms with E-state index in [-0.39, 0.29) is 17.9 Å². The molecular formula is C14H18ClN3O2S. The van der Waals surface area contributed by atoms with Crippen LogP contribution in [-0.4, -0.2) is 65.8 Å². The van der Waals surface area contributed by atoms with Gasteiger partial charge in [-0.15, -0.1) is 11.3 Å². The summed E-state index contributed by atoms with van der Waals surface area (Å²) in [6.45, 7) is 4.39. The predicted molar refractivity (Wildman–Crippen MR) is 82.4 cm³/mol. The molecule has 2 aliphatic rings. The molecule has 7 heteroatoms. The Labute approximate surface area is 133 Å². The van der Waals surface area contributed by atoms with Crippen molar-refractivity contribution in [3.05, 3.63) is 21.3 Å². The lowest BCUT2D eigenvalue weighted by atomic mass is 10.1. The van der Waals surface area contributed by atoms with Crippen LogP contribution in [0.5, 0.6) is 0 Å². The lowest BCUT2D eigenvalue weighted by molar-refractivity contribution is -0.138. The van der Waals surface area contributed by atoms with Crippen molar-refractivity contribution in [3.8, 4) is 0 Å². The van der Waals surface area contributed by atoms with E-state index in [0.717, 1.165) is 37.1 Å². The van der Waals surface area contributed by atoms with E-state index in [1.54, 1.807) is 18.4 Å². The van der Waals surface area contributed by atoms with E-state index in [1.807, 2.05) is 6.07 Å². The summed E-state index contributed by atoms with van der Waals surface area (Å²) in [4.78, 5) is 30.7. The van der Waals surface area contributed by atoms with Crippen molar-refractivity contribution in [1.82, 2.24) is 14.7 Å². The summed E-state index contributed by atoms with van der Waals surface area (Å²) in [6, 6.07) is 3.74. The van der Waals surface area contributed by atoms with Gasteiger partial charge in [0.15, 0.2) is 0 Å². The second-order valence-corrected chi connectivity index (χ2v) is 7.33. The lowest BCUT2D eigenvalue weighted by Crippen LogP contribution is -2.51. The first-order chi connectivity index (χ1) is 10.0. The zero-order valence-electron chi connectivity index (χ0n) is 11.9. The number of nitrogens with zero attached hydrogens (tertiary/aromatic N) is 3. The molecular weight excluding hydrogens is 310 g/mol. The fourth-order valence-electron chi connectivity index (χ4n) is 2.91. The molecule has 0 N–H and O–H groups in total. The van der Waals surface area contributed by atoms with Gasteiger partial charge in [0.1, 0.15) is 0 Å². The molecule has 114 valence electrons. The summed E-state index contributed by atoms with van der Waals surface area (Å²) in [5.74, 6) is -0.126. The molecule has 0 radical (unpaired) electrons. The zero-order chi connectivity index (χ0) is 15.0. The molecule has 1 atom stereocenters. The highest BCUT2D eigenvalue weighted by Gasteiger charge is 2.40. The normalized spacial score (nSPS) is 25.0. The van der Waals surface area contributed by atoms with Crippen LogP contribution in [0.15, 0.2) is 12.1 Å². The summed E-state index contributed by atoms with van der Waals surface area (Å²) < 4.78 is 0.821. The maximum atomic E-state index is 12.0. The van der Waals surface area contributed by atoms with Crippen molar-refractivity contribution in [2.75, 3.05) is 33.2 Å². The van der Waals surface area contributed by atoms with Gasteiger partial charge in [0.05, 0.1) is 16.8 Å². The number of amides is 2. The minimum Gasteiger partial charge on any atom is -0.296 e. The number of carbonyl (C=O) groups is 2. The third-order valence-corrected chi connectivity index (χ3v) is 5.43. The molecule has 1 aromatic heterocycles. The van der Waals surface area contributed by atoms with Crippen LogP contribution in [0.25, 0.3) is 0 Å². The molecule has 21 heavy (non-hydrogen) atoms. The van der Waals surface area contributed by atoms with E-state index < -0.39 is 0 Å². The van der Waals surface area contributed by atoms with Gasteiger partial charge in [-0.2, -0.15) is 0 Å². The molecule has 0 bridgehead atoms. The van der Waals surface area contributed by atoms with Gasteiger partial charge < -0.3 is 0 Å². The molecule has 2 aliphatic heterocycles. The first kappa shape index (κ1) is 15.0. The molecule has 3 heterocycles. The summed E-state index contributed by atoms with van der Waals surface area (Å²) in [6.07, 6.45) is 0.329. The van der Waals surface area contributed by atoms with Crippen molar-refractivity contribution >= 4 is 34.8 Å². The van der Waals surface area contributed by atoms with Crippen LogP contribution in [0.4, 0.5) is 0 Å². The number of hydrogen-bond donors (Lipinski definition) is 0. The van der Waals surface area contributed by atoms with Gasteiger partial charge >= 0.3 is 0 Å². The molecule has 3 rings (SSSR count). The van der Waals surface area contributed by atoms with Gasteiger partial charge in [-0.25, -0.2) is 0 Å². The molecule has 2 fully saturated rings. The van der Waals surface area contributed by atoms with Gasteiger partial charge in [-0.1, -0.05) is 11.6 Å². The van der Waals surface area contributed by atoms with E-state index in [1.165, 1.54) is 9.78 Å². The summed E-state index contributed by atoms with van der Waals surface area (Å²) in [5, 5.41) is 0. The molecule has 0 saturated carbocycles. The van der Waals surface area contributed by atoms with E-state index in [0.29, 0.717) is 6.42 Å². The minimum atomic E-state index is -0.249. The Balaban J connectivity index is 1.53. The summed E-state index contributed by atoms with van der Waals surface area (Å²) >= 11 is 7.56. The van der Waals surface area contributed by atoms with Crippen LogP contribution in [0.1, 0.15) is 11.3 Å². The Morgan fingerprint density at radius 1 is 1.24 bits per heavy atom. The number of halogens is 1. The van der Waals surface area contributed by atoms with Crippen molar-refractivity contribution in [2.24, 2.45) is 0 Å². The molecule has 1 aromatic rings. The Hall–Kier alpha value is -0.950. The smallest absolute Gasteiger partial charge is 0.246 e. The maximum Gasteiger partial charge on any atom is 0.246 e. The van der Waals surface area contributed by atoms with E-state index in [2.05, 4.69) is 15.9 Å². The fraction of sp³-hybridized carbons (Fsp3) is 0.571. The fourth-order valence-corrected chi connectivity index (χ4v) is 4.04. The van der Waals surface area contributed by atoms with Crippen LogP contribution < -0.4 is 0 Å². The second kappa shape index (κ2) is 6.04. The van der Waals surface area contributed by atoms with Crippen molar-refractivity contribution in [1.29, 1.82) is 0 Å². The molecule has 0 aromatic carbocycles. The van der Waals surface area contributed by atoms with Crippen LogP contribution in [0.3, 0.4) is 0 Å². The van der Waals surface area contributed by atoms with Gasteiger partial charge in [0.2, 0.25) is 11.8 Å². The first-order valence-corrected chi connectivity index (χ1v) is 8.25. The van der Waals surface area contributed by atoms with Crippen LogP contribution in [-0.2, 0) is 16.1 Å². The second-order valence-electron chi connectivity index (χ2n) is 5.53. The number of carbonyl (C=O) groups excluding carboxylic acids is 2. The molecule has 0 spiro atoms. The quantitative estimate of drug-likeness (QED) is 0.784. The molecule has 5 nitrogen and oxygen atoms in total. The number of likely N-dealkylation sites (N-methyl/N-ethyl adjacent to an activating group) is 1. The predicted octanol–water partition coefficient (Wildman–Crippen LogP) is 1.28. The standard InChI is InChI=1S/C14H18ClN3O2S/c1-16-13(19)8-11(14(16)20)18-6-4-17(5-7-18)9-10-2-3-12(15)21-10/h2-3,11H,4-9H2,1H3. The Bertz CT molecular complexity index is 554. The minimum absolute atomic E-state index is 0.0570. The Morgan fingerprint density at radius 3 is 2.48 bits per heavy atom. The number of likely N-dealkylation sites (tertiary alicyclic amines) is 1. The molecule has 0 aliphatic carbocycles. The molecule has 2 saturated heterocycles. The number of hydrogen-bond acceptors (Lipinski definition) is 5. The van der Waals surface area contributed by atoms with Gasteiger partial charge in [-0.3, -0.25) is 24.3 Å². The Kier molecular flexibility index (Phi) is 4.31. The van der Waals surface area contributed by atoms with Crippen LogP contribution >= 0.6 is 22.9 Å². The van der Waals surface area contributed by atoms with Gasteiger partial charge in [0.25, 0.3) is 0 Å².